The van der Waals surface area contributed by atoms with E-state index in [1.165, 1.54) is 18.2 Å². The van der Waals surface area contributed by atoms with Crippen LogP contribution in [0.1, 0.15) is 11.1 Å². The Labute approximate surface area is 112 Å². The number of halogens is 3. The third kappa shape index (κ3) is 3.68. The second kappa shape index (κ2) is 6.02. The van der Waals surface area contributed by atoms with Crippen LogP contribution in [-0.2, 0) is 4.79 Å². The Hall–Kier alpha value is -2.62. The molecule has 0 spiro atoms. The van der Waals surface area contributed by atoms with Gasteiger partial charge in [0.05, 0.1) is 11.6 Å². The number of nitrogens with zero attached hydrogens (tertiary/aromatic N) is 2. The third-order valence-corrected chi connectivity index (χ3v) is 2.17. The van der Waals surface area contributed by atoms with Gasteiger partial charge >= 0.3 is 6.18 Å². The summed E-state index contributed by atoms with van der Waals surface area (Å²) in [5, 5.41) is 8.77. The molecular weight excluding hydrogens is 273 g/mol. The van der Waals surface area contributed by atoms with E-state index >= 15 is 0 Å². The summed E-state index contributed by atoms with van der Waals surface area (Å²) < 4.78 is 42.7. The fourth-order valence-electron chi connectivity index (χ4n) is 1.43. The van der Waals surface area contributed by atoms with Gasteiger partial charge in [0.15, 0.2) is 17.7 Å². The number of aryl methyl sites for hydroxylation is 1. The lowest BCUT2D eigenvalue weighted by Crippen LogP contribution is -2.16. The molecule has 0 aliphatic rings. The molecule has 7 heteroatoms. The van der Waals surface area contributed by atoms with Gasteiger partial charge in [0.2, 0.25) is 0 Å². The zero-order valence-electron chi connectivity index (χ0n) is 10.4. The minimum atomic E-state index is -4.86. The smallest absolute Gasteiger partial charge is 0.437 e. The SMILES string of the molecule is C=N/C(=C(\C=O)Oc1cc(C)cc(C#N)c1)C(F)(F)F. The molecule has 0 aliphatic heterocycles. The summed E-state index contributed by atoms with van der Waals surface area (Å²) in [5.41, 5.74) is -0.720. The van der Waals surface area contributed by atoms with Crippen molar-refractivity contribution in [1.29, 1.82) is 5.26 Å². The summed E-state index contributed by atoms with van der Waals surface area (Å²) in [5.74, 6) is -1.07. The fourth-order valence-corrected chi connectivity index (χ4v) is 1.43. The van der Waals surface area contributed by atoms with Crippen molar-refractivity contribution in [2.75, 3.05) is 0 Å². The first-order valence-electron chi connectivity index (χ1n) is 5.25. The van der Waals surface area contributed by atoms with E-state index in [1.807, 2.05) is 6.07 Å². The van der Waals surface area contributed by atoms with Gasteiger partial charge in [-0.25, -0.2) is 0 Å². The molecule has 0 radical (unpaired) electrons. The molecule has 0 atom stereocenters. The summed E-state index contributed by atoms with van der Waals surface area (Å²) in [6.07, 6.45) is -4.97. The van der Waals surface area contributed by atoms with E-state index in [0.29, 0.717) is 5.56 Å². The normalized spacial score (nSPS) is 12.2. The van der Waals surface area contributed by atoms with Crippen molar-refractivity contribution in [2.45, 2.75) is 13.1 Å². The average molecular weight is 282 g/mol. The maximum Gasteiger partial charge on any atom is 0.437 e. The lowest BCUT2D eigenvalue weighted by Gasteiger charge is -2.11. The molecule has 0 saturated heterocycles. The van der Waals surface area contributed by atoms with Crippen molar-refractivity contribution in [3.8, 4) is 11.8 Å². The zero-order valence-corrected chi connectivity index (χ0v) is 10.4. The Morgan fingerprint density at radius 3 is 2.55 bits per heavy atom. The summed E-state index contributed by atoms with van der Waals surface area (Å²) in [7, 11) is 0. The predicted octanol–water partition coefficient (Wildman–Crippen LogP) is 2.92. The maximum atomic E-state index is 12.6. The molecule has 104 valence electrons. The van der Waals surface area contributed by atoms with Crippen molar-refractivity contribution in [3.63, 3.8) is 0 Å². The van der Waals surface area contributed by atoms with Crippen LogP contribution < -0.4 is 4.74 Å². The minimum Gasteiger partial charge on any atom is -0.452 e. The number of hydrogen-bond acceptors (Lipinski definition) is 4. The number of carbonyl (C=O) groups excluding carboxylic acids is 1. The Balaban J connectivity index is 3.27. The molecule has 1 aromatic rings. The molecular formula is C13H9F3N2O2. The second-order valence-electron chi connectivity index (χ2n) is 3.74. The monoisotopic (exact) mass is 282 g/mol. The lowest BCUT2D eigenvalue weighted by atomic mass is 10.1. The molecule has 20 heavy (non-hydrogen) atoms. The predicted molar refractivity (Wildman–Crippen MR) is 65.2 cm³/mol. The number of alkyl halides is 3. The Kier molecular flexibility index (Phi) is 4.64. The highest BCUT2D eigenvalue weighted by molar-refractivity contribution is 5.73. The maximum absolute atomic E-state index is 12.6. The van der Waals surface area contributed by atoms with Gasteiger partial charge in [0.1, 0.15) is 5.75 Å². The van der Waals surface area contributed by atoms with Crippen LogP contribution in [0.2, 0.25) is 0 Å². The number of nitriles is 1. The van der Waals surface area contributed by atoms with Crippen LogP contribution >= 0.6 is 0 Å². The van der Waals surface area contributed by atoms with Gasteiger partial charge in [0.25, 0.3) is 0 Å². The molecule has 0 aliphatic carbocycles. The molecule has 4 nitrogen and oxygen atoms in total. The number of benzene rings is 1. The Bertz CT molecular complexity index is 613. The van der Waals surface area contributed by atoms with Crippen molar-refractivity contribution >= 4 is 13.0 Å². The van der Waals surface area contributed by atoms with Gasteiger partial charge in [-0.1, -0.05) is 0 Å². The molecule has 0 amide bonds. The van der Waals surface area contributed by atoms with Crippen molar-refractivity contribution in [3.05, 3.63) is 40.8 Å². The lowest BCUT2D eigenvalue weighted by molar-refractivity contribution is -0.110. The first-order chi connectivity index (χ1) is 9.31. The fraction of sp³-hybridized carbons (Fsp3) is 0.154. The highest BCUT2D eigenvalue weighted by Gasteiger charge is 2.37. The van der Waals surface area contributed by atoms with E-state index in [-0.39, 0.29) is 17.6 Å². The van der Waals surface area contributed by atoms with Crippen LogP contribution in [0.4, 0.5) is 13.2 Å². The molecule has 0 saturated carbocycles. The van der Waals surface area contributed by atoms with Gasteiger partial charge in [-0.15, -0.1) is 0 Å². The van der Waals surface area contributed by atoms with Crippen molar-refractivity contribution in [2.24, 2.45) is 4.99 Å². The summed E-state index contributed by atoms with van der Waals surface area (Å²) >= 11 is 0. The molecule has 0 bridgehead atoms. The van der Waals surface area contributed by atoms with Crippen LogP contribution in [0.25, 0.3) is 0 Å². The molecule has 1 rings (SSSR count). The van der Waals surface area contributed by atoms with Crippen molar-refractivity contribution < 1.29 is 22.7 Å². The van der Waals surface area contributed by atoms with E-state index in [2.05, 4.69) is 11.7 Å². The first kappa shape index (κ1) is 15.4. The summed E-state index contributed by atoms with van der Waals surface area (Å²) in [6.45, 7) is 4.40. The second-order valence-corrected chi connectivity index (χ2v) is 3.74. The minimum absolute atomic E-state index is 0.0611. The molecule has 0 heterocycles. The molecule has 0 aromatic heterocycles. The van der Waals surface area contributed by atoms with E-state index in [4.69, 9.17) is 10.00 Å². The van der Waals surface area contributed by atoms with Gasteiger partial charge in [-0.05, 0) is 37.4 Å². The largest absolute Gasteiger partial charge is 0.452 e. The van der Waals surface area contributed by atoms with Gasteiger partial charge in [-0.2, -0.15) is 18.4 Å². The first-order valence-corrected chi connectivity index (χ1v) is 5.25. The van der Waals surface area contributed by atoms with Crippen LogP contribution in [-0.4, -0.2) is 19.2 Å². The number of hydrogen-bond donors (Lipinski definition) is 0. The molecule has 0 fully saturated rings. The van der Waals surface area contributed by atoms with Crippen LogP contribution in [0.5, 0.6) is 5.75 Å². The highest BCUT2D eigenvalue weighted by Crippen LogP contribution is 2.30. The summed E-state index contributed by atoms with van der Waals surface area (Å²) in [4.78, 5) is 13.5. The van der Waals surface area contributed by atoms with Crippen LogP contribution in [0.15, 0.2) is 34.6 Å². The standard InChI is InChI=1S/C13H9F3N2O2/c1-8-3-9(6-17)5-10(4-8)20-11(7-19)12(18-2)13(14,15)16/h3-5,7H,2H2,1H3/b12-11+. The molecule has 0 N–H and O–H groups in total. The van der Waals surface area contributed by atoms with Crippen LogP contribution in [0, 0.1) is 18.3 Å². The third-order valence-electron chi connectivity index (χ3n) is 2.17. The Morgan fingerprint density at radius 1 is 1.45 bits per heavy atom. The molecule has 1 aromatic carbocycles. The summed E-state index contributed by atoms with van der Waals surface area (Å²) in [6, 6.07) is 5.96. The quantitative estimate of drug-likeness (QED) is 0.369. The van der Waals surface area contributed by atoms with E-state index in [1.54, 1.807) is 6.92 Å². The van der Waals surface area contributed by atoms with Gasteiger partial charge in [0, 0.05) is 0 Å². The van der Waals surface area contributed by atoms with Gasteiger partial charge < -0.3 is 4.74 Å². The number of carbonyl (C=O) groups is 1. The zero-order chi connectivity index (χ0) is 15.3. The average Bonchev–Trinajstić information content (AvgIpc) is 2.36. The number of aliphatic imine (C=N–C) groups is 1. The van der Waals surface area contributed by atoms with Gasteiger partial charge in [-0.3, -0.25) is 9.79 Å². The van der Waals surface area contributed by atoms with E-state index in [0.717, 1.165) is 0 Å². The van der Waals surface area contributed by atoms with E-state index < -0.39 is 17.6 Å². The molecule has 0 unspecified atom stereocenters. The van der Waals surface area contributed by atoms with E-state index in [9.17, 15) is 18.0 Å². The number of rotatable bonds is 4. The van der Waals surface area contributed by atoms with Crippen LogP contribution in [0.3, 0.4) is 0 Å². The number of ether oxygens (including phenoxy) is 1. The van der Waals surface area contributed by atoms with Crippen molar-refractivity contribution in [1.82, 2.24) is 0 Å². The highest BCUT2D eigenvalue weighted by atomic mass is 19.4. The number of allylic oxidation sites excluding steroid dienone is 2. The topological polar surface area (TPSA) is 62.4 Å². The Morgan fingerprint density at radius 2 is 2.10 bits per heavy atom. The number of aldehydes is 1.